The number of nitrogens with zero attached hydrogens (tertiary/aromatic N) is 1. The smallest absolute Gasteiger partial charge is 0.323 e. The van der Waals surface area contributed by atoms with Crippen LogP contribution in [0.2, 0.25) is 0 Å². The minimum absolute atomic E-state index is 0.178. The van der Waals surface area contributed by atoms with E-state index in [9.17, 15) is 19.5 Å². The number of esters is 1. The number of anilines is 1. The summed E-state index contributed by atoms with van der Waals surface area (Å²) in [6.07, 6.45) is 4.61. The van der Waals surface area contributed by atoms with Crippen molar-refractivity contribution in [2.24, 2.45) is 17.4 Å². The van der Waals surface area contributed by atoms with Crippen molar-refractivity contribution in [1.82, 2.24) is 0 Å². The number of amides is 1. The second-order valence-corrected chi connectivity index (χ2v) is 7.72. The fourth-order valence-corrected chi connectivity index (χ4v) is 3.80. The first kappa shape index (κ1) is 24.6. The van der Waals surface area contributed by atoms with E-state index in [1.807, 2.05) is 0 Å². The summed E-state index contributed by atoms with van der Waals surface area (Å²) < 4.78 is 11.3. The molecule has 172 valence electrons. The summed E-state index contributed by atoms with van der Waals surface area (Å²) in [5.74, 6) is -2.82. The standard InChI is InChI=1S/C22H33N3O6/c1-2-30-21(29)16(10-6-4-3-5-9-13-23)22(24)14-19(26)25(15-20(27)28)17-11-7-8-12-18(17)31-22/h7-8,11-12,16H,2-6,9-10,13-15,23-24H2,1H3,(H,27,28)/t16-,22+/m1/s1. The largest absolute Gasteiger partial charge is 0.480 e. The van der Waals surface area contributed by atoms with Crippen LogP contribution in [-0.2, 0) is 19.1 Å². The molecule has 1 aromatic carbocycles. The van der Waals surface area contributed by atoms with Crippen LogP contribution in [0.3, 0.4) is 0 Å². The fourth-order valence-electron chi connectivity index (χ4n) is 3.80. The lowest BCUT2D eigenvalue weighted by atomic mass is 9.87. The normalized spacial score (nSPS) is 19.2. The second kappa shape index (κ2) is 11.7. The number of benzene rings is 1. The van der Waals surface area contributed by atoms with E-state index < -0.39 is 36.0 Å². The SMILES string of the molecule is CCOC(=O)[C@@H](CCCCCCCN)[C@]1(N)CC(=O)N(CC(=O)O)c2ccccc2O1. The number of aliphatic carboxylic acids is 1. The number of para-hydroxylation sites is 2. The molecule has 9 heteroatoms. The molecule has 0 aromatic heterocycles. The van der Waals surface area contributed by atoms with Gasteiger partial charge in [-0.1, -0.05) is 37.8 Å². The van der Waals surface area contributed by atoms with Crippen molar-refractivity contribution in [3.8, 4) is 5.75 Å². The Morgan fingerprint density at radius 1 is 1.23 bits per heavy atom. The Kier molecular flexibility index (Phi) is 9.26. The third kappa shape index (κ3) is 6.67. The number of carbonyl (C=O) groups is 3. The lowest BCUT2D eigenvalue weighted by Gasteiger charge is -2.34. The summed E-state index contributed by atoms with van der Waals surface area (Å²) in [4.78, 5) is 38.2. The number of carboxylic acids is 1. The number of hydrogen-bond acceptors (Lipinski definition) is 7. The number of fused-ring (bicyclic) bond motifs is 1. The van der Waals surface area contributed by atoms with E-state index in [1.54, 1.807) is 31.2 Å². The van der Waals surface area contributed by atoms with Crippen molar-refractivity contribution >= 4 is 23.5 Å². The van der Waals surface area contributed by atoms with Gasteiger partial charge in [-0.3, -0.25) is 25.0 Å². The highest BCUT2D eigenvalue weighted by Gasteiger charge is 2.47. The van der Waals surface area contributed by atoms with E-state index >= 15 is 0 Å². The van der Waals surface area contributed by atoms with Crippen LogP contribution in [0.5, 0.6) is 5.75 Å². The zero-order valence-electron chi connectivity index (χ0n) is 18.0. The molecule has 0 aliphatic carbocycles. The highest BCUT2D eigenvalue weighted by Crippen LogP contribution is 2.39. The van der Waals surface area contributed by atoms with E-state index in [0.717, 1.165) is 30.6 Å². The van der Waals surface area contributed by atoms with E-state index in [1.165, 1.54) is 0 Å². The van der Waals surface area contributed by atoms with Crippen LogP contribution in [0.25, 0.3) is 0 Å². The number of carbonyl (C=O) groups excluding carboxylic acids is 2. The molecular formula is C22H33N3O6. The molecule has 0 radical (unpaired) electrons. The number of rotatable bonds is 12. The first-order chi connectivity index (χ1) is 14.8. The zero-order valence-corrected chi connectivity index (χ0v) is 18.0. The molecule has 0 bridgehead atoms. The lowest BCUT2D eigenvalue weighted by Crippen LogP contribution is -2.57. The lowest BCUT2D eigenvalue weighted by molar-refractivity contribution is -0.158. The molecule has 9 nitrogen and oxygen atoms in total. The summed E-state index contributed by atoms with van der Waals surface area (Å²) in [7, 11) is 0. The maximum absolute atomic E-state index is 13.0. The summed E-state index contributed by atoms with van der Waals surface area (Å²) in [5.41, 5.74) is 10.7. The number of ether oxygens (including phenoxy) is 2. The molecule has 5 N–H and O–H groups in total. The average Bonchev–Trinajstić information content (AvgIpc) is 2.81. The van der Waals surface area contributed by atoms with Gasteiger partial charge in [-0.15, -0.1) is 0 Å². The van der Waals surface area contributed by atoms with E-state index in [0.29, 0.717) is 25.1 Å². The number of nitrogens with two attached hydrogens (primary N) is 2. The van der Waals surface area contributed by atoms with Crippen LogP contribution in [0.1, 0.15) is 51.9 Å². The Bertz CT molecular complexity index is 771. The maximum atomic E-state index is 13.0. The van der Waals surface area contributed by atoms with Gasteiger partial charge in [0, 0.05) is 0 Å². The molecule has 0 fully saturated rings. The number of carboxylic acid groups (broad SMARTS) is 1. The first-order valence-electron chi connectivity index (χ1n) is 10.8. The van der Waals surface area contributed by atoms with Gasteiger partial charge in [0.05, 0.1) is 18.7 Å². The van der Waals surface area contributed by atoms with Crippen molar-refractivity contribution in [3.63, 3.8) is 0 Å². The Balaban J connectivity index is 2.28. The third-order valence-corrected chi connectivity index (χ3v) is 5.34. The van der Waals surface area contributed by atoms with Crippen LogP contribution in [0.4, 0.5) is 5.69 Å². The van der Waals surface area contributed by atoms with Crippen molar-refractivity contribution in [2.45, 2.75) is 57.6 Å². The van der Waals surface area contributed by atoms with Gasteiger partial charge in [0.25, 0.3) is 0 Å². The summed E-state index contributed by atoms with van der Waals surface area (Å²) in [6.45, 7) is 2.01. The fraction of sp³-hybridized carbons (Fsp3) is 0.591. The molecule has 2 rings (SSSR count). The second-order valence-electron chi connectivity index (χ2n) is 7.72. The van der Waals surface area contributed by atoms with E-state index in [2.05, 4.69) is 0 Å². The number of hydrogen-bond donors (Lipinski definition) is 3. The van der Waals surface area contributed by atoms with E-state index in [4.69, 9.17) is 20.9 Å². The molecule has 1 aliphatic heterocycles. The molecule has 1 heterocycles. The first-order valence-corrected chi connectivity index (χ1v) is 10.8. The van der Waals surface area contributed by atoms with Crippen LogP contribution in [-0.4, -0.2) is 48.4 Å². The summed E-state index contributed by atoms with van der Waals surface area (Å²) in [5, 5.41) is 9.26. The van der Waals surface area contributed by atoms with Gasteiger partial charge in [-0.25, -0.2) is 0 Å². The number of unbranched alkanes of at least 4 members (excludes halogenated alkanes) is 4. The van der Waals surface area contributed by atoms with Gasteiger partial charge in [-0.05, 0) is 38.4 Å². The molecule has 0 spiro atoms. The zero-order chi connectivity index (χ0) is 22.9. The highest BCUT2D eigenvalue weighted by atomic mass is 16.5. The Morgan fingerprint density at radius 3 is 2.58 bits per heavy atom. The molecular weight excluding hydrogens is 402 g/mol. The van der Waals surface area contributed by atoms with Gasteiger partial charge in [0.1, 0.15) is 18.2 Å². The molecule has 1 amide bonds. The van der Waals surface area contributed by atoms with Crippen LogP contribution in [0, 0.1) is 5.92 Å². The maximum Gasteiger partial charge on any atom is 0.323 e. The van der Waals surface area contributed by atoms with Crippen LogP contribution < -0.4 is 21.1 Å². The van der Waals surface area contributed by atoms with Gasteiger partial charge in [0.2, 0.25) is 5.91 Å². The Labute approximate surface area is 182 Å². The van der Waals surface area contributed by atoms with Crippen LogP contribution in [0.15, 0.2) is 24.3 Å². The van der Waals surface area contributed by atoms with Crippen LogP contribution >= 0.6 is 0 Å². The third-order valence-electron chi connectivity index (χ3n) is 5.34. The highest BCUT2D eigenvalue weighted by molar-refractivity contribution is 6.00. The minimum atomic E-state index is -1.65. The molecule has 31 heavy (non-hydrogen) atoms. The molecule has 0 saturated heterocycles. The molecule has 1 aliphatic rings. The summed E-state index contributed by atoms with van der Waals surface area (Å²) in [6, 6.07) is 6.58. The molecule has 1 aromatic rings. The predicted molar refractivity (Wildman–Crippen MR) is 115 cm³/mol. The van der Waals surface area contributed by atoms with Gasteiger partial charge in [-0.2, -0.15) is 0 Å². The Hall–Kier alpha value is -2.65. The monoisotopic (exact) mass is 435 g/mol. The van der Waals surface area contributed by atoms with Crippen molar-refractivity contribution in [1.29, 1.82) is 0 Å². The van der Waals surface area contributed by atoms with Gasteiger partial charge < -0.3 is 20.3 Å². The average molecular weight is 436 g/mol. The molecule has 0 unspecified atom stereocenters. The molecule has 0 saturated carbocycles. The summed E-state index contributed by atoms with van der Waals surface area (Å²) >= 11 is 0. The predicted octanol–water partition coefficient (Wildman–Crippen LogP) is 2.02. The van der Waals surface area contributed by atoms with Gasteiger partial charge >= 0.3 is 11.9 Å². The minimum Gasteiger partial charge on any atom is -0.480 e. The molecule has 2 atom stereocenters. The Morgan fingerprint density at radius 2 is 1.90 bits per heavy atom. The van der Waals surface area contributed by atoms with Gasteiger partial charge in [0.15, 0.2) is 5.72 Å². The quantitative estimate of drug-likeness (QED) is 0.334. The van der Waals surface area contributed by atoms with Crippen molar-refractivity contribution in [3.05, 3.63) is 24.3 Å². The topological polar surface area (TPSA) is 145 Å². The van der Waals surface area contributed by atoms with Crippen molar-refractivity contribution < 1.29 is 29.0 Å². The van der Waals surface area contributed by atoms with Crippen molar-refractivity contribution in [2.75, 3.05) is 24.6 Å². The van der Waals surface area contributed by atoms with E-state index in [-0.39, 0.29) is 18.8 Å².